The summed E-state index contributed by atoms with van der Waals surface area (Å²) in [5.41, 5.74) is 2.41. The van der Waals surface area contributed by atoms with Gasteiger partial charge in [-0.05, 0) is 32.0 Å². The van der Waals surface area contributed by atoms with Crippen molar-refractivity contribution in [1.82, 2.24) is 15.1 Å². The van der Waals surface area contributed by atoms with Gasteiger partial charge in [-0.3, -0.25) is 4.68 Å². The molecule has 102 valence electrons. The number of hydrogen-bond acceptors (Lipinski definition) is 3. The minimum absolute atomic E-state index is 0.288. The lowest BCUT2D eigenvalue weighted by Gasteiger charge is -2.15. The number of rotatable bonds is 6. The number of aryl methyl sites for hydroxylation is 2. The van der Waals surface area contributed by atoms with Crippen molar-refractivity contribution in [3.63, 3.8) is 0 Å². The first-order chi connectivity index (χ1) is 9.15. The Bertz CT molecular complexity index is 504. The van der Waals surface area contributed by atoms with E-state index >= 15 is 0 Å². The Labute approximate surface area is 114 Å². The largest absolute Gasteiger partial charge is 0.492 e. The molecule has 0 aliphatic rings. The maximum atomic E-state index is 5.74. The van der Waals surface area contributed by atoms with Crippen molar-refractivity contribution in [1.29, 1.82) is 0 Å². The molecule has 4 nitrogen and oxygen atoms in total. The summed E-state index contributed by atoms with van der Waals surface area (Å²) in [5.74, 6) is 0.916. The first-order valence-electron chi connectivity index (χ1n) is 6.55. The summed E-state index contributed by atoms with van der Waals surface area (Å²) in [6, 6.07) is 10.4. The van der Waals surface area contributed by atoms with Crippen LogP contribution in [0.15, 0.2) is 36.5 Å². The van der Waals surface area contributed by atoms with Crippen LogP contribution in [0.1, 0.15) is 18.2 Å². The lowest BCUT2D eigenvalue weighted by Crippen LogP contribution is -2.31. The number of nitrogens with one attached hydrogen (secondary N) is 1. The van der Waals surface area contributed by atoms with Crippen LogP contribution in [0.3, 0.4) is 0 Å². The van der Waals surface area contributed by atoms with E-state index in [0.29, 0.717) is 6.61 Å². The second-order valence-corrected chi connectivity index (χ2v) is 4.85. The first-order valence-corrected chi connectivity index (χ1v) is 6.55. The van der Waals surface area contributed by atoms with Gasteiger partial charge in [0.1, 0.15) is 12.4 Å². The van der Waals surface area contributed by atoms with Crippen LogP contribution in [-0.4, -0.2) is 22.4 Å². The molecule has 4 heteroatoms. The Morgan fingerprint density at radius 3 is 2.63 bits per heavy atom. The maximum Gasteiger partial charge on any atom is 0.119 e. The molecule has 1 atom stereocenters. The second kappa shape index (κ2) is 6.38. The van der Waals surface area contributed by atoms with E-state index in [4.69, 9.17) is 4.74 Å². The number of ether oxygens (including phenoxy) is 1. The SMILES string of the molecule is Cc1ccc(OCC(C)NCc2ccnn2C)cc1. The van der Waals surface area contributed by atoms with Crippen LogP contribution >= 0.6 is 0 Å². The molecule has 0 aliphatic heterocycles. The lowest BCUT2D eigenvalue weighted by molar-refractivity contribution is 0.271. The monoisotopic (exact) mass is 259 g/mol. The minimum atomic E-state index is 0.288. The van der Waals surface area contributed by atoms with E-state index in [9.17, 15) is 0 Å². The van der Waals surface area contributed by atoms with Crippen LogP contribution < -0.4 is 10.1 Å². The first kappa shape index (κ1) is 13.6. The molecule has 0 saturated carbocycles. The van der Waals surface area contributed by atoms with Crippen LogP contribution in [0.25, 0.3) is 0 Å². The average Bonchev–Trinajstić information content (AvgIpc) is 2.81. The Hall–Kier alpha value is -1.81. The highest BCUT2D eigenvalue weighted by Crippen LogP contribution is 2.11. The molecule has 1 heterocycles. The highest BCUT2D eigenvalue weighted by molar-refractivity contribution is 5.26. The van der Waals surface area contributed by atoms with Gasteiger partial charge in [-0.1, -0.05) is 17.7 Å². The molecule has 2 rings (SSSR count). The van der Waals surface area contributed by atoms with Gasteiger partial charge in [-0.25, -0.2) is 0 Å². The van der Waals surface area contributed by atoms with E-state index in [1.165, 1.54) is 11.3 Å². The van der Waals surface area contributed by atoms with Crippen molar-refractivity contribution >= 4 is 0 Å². The highest BCUT2D eigenvalue weighted by atomic mass is 16.5. The topological polar surface area (TPSA) is 39.1 Å². The number of benzene rings is 1. The molecule has 1 aromatic carbocycles. The molecule has 0 aliphatic carbocycles. The Kier molecular flexibility index (Phi) is 4.58. The summed E-state index contributed by atoms with van der Waals surface area (Å²) in [4.78, 5) is 0. The predicted octanol–water partition coefficient (Wildman–Crippen LogP) is 2.29. The third-order valence-corrected chi connectivity index (χ3v) is 3.08. The van der Waals surface area contributed by atoms with Gasteiger partial charge < -0.3 is 10.1 Å². The molecule has 0 spiro atoms. The van der Waals surface area contributed by atoms with Crippen molar-refractivity contribution in [3.05, 3.63) is 47.8 Å². The Morgan fingerprint density at radius 1 is 1.26 bits per heavy atom. The maximum absolute atomic E-state index is 5.74. The van der Waals surface area contributed by atoms with Crippen LogP contribution in [0, 0.1) is 6.92 Å². The molecule has 2 aromatic rings. The van der Waals surface area contributed by atoms with Gasteiger partial charge in [0.25, 0.3) is 0 Å². The standard InChI is InChI=1S/C15H21N3O/c1-12-4-6-15(7-5-12)19-11-13(2)16-10-14-8-9-17-18(14)3/h4-9,13,16H,10-11H2,1-3H3. The van der Waals surface area contributed by atoms with Gasteiger partial charge in [-0.2, -0.15) is 5.10 Å². The molecular formula is C15H21N3O. The number of hydrogen-bond donors (Lipinski definition) is 1. The number of aromatic nitrogens is 2. The van der Waals surface area contributed by atoms with Crippen LogP contribution in [0.2, 0.25) is 0 Å². The van der Waals surface area contributed by atoms with E-state index < -0.39 is 0 Å². The summed E-state index contributed by atoms with van der Waals surface area (Å²) >= 11 is 0. The molecule has 19 heavy (non-hydrogen) atoms. The molecule has 0 amide bonds. The van der Waals surface area contributed by atoms with Crippen molar-refractivity contribution in [3.8, 4) is 5.75 Å². The van der Waals surface area contributed by atoms with Gasteiger partial charge in [-0.15, -0.1) is 0 Å². The van der Waals surface area contributed by atoms with Crippen LogP contribution in [0.5, 0.6) is 5.75 Å². The van der Waals surface area contributed by atoms with Crippen molar-refractivity contribution < 1.29 is 4.74 Å². The lowest BCUT2D eigenvalue weighted by atomic mass is 10.2. The zero-order chi connectivity index (χ0) is 13.7. The van der Waals surface area contributed by atoms with E-state index in [1.54, 1.807) is 0 Å². The quantitative estimate of drug-likeness (QED) is 0.865. The van der Waals surface area contributed by atoms with Crippen molar-refractivity contribution in [2.45, 2.75) is 26.4 Å². The van der Waals surface area contributed by atoms with E-state index in [0.717, 1.165) is 12.3 Å². The minimum Gasteiger partial charge on any atom is -0.492 e. The normalized spacial score (nSPS) is 12.4. The smallest absolute Gasteiger partial charge is 0.119 e. The van der Waals surface area contributed by atoms with Crippen LogP contribution in [-0.2, 0) is 13.6 Å². The van der Waals surface area contributed by atoms with Gasteiger partial charge in [0.2, 0.25) is 0 Å². The molecule has 1 aromatic heterocycles. The van der Waals surface area contributed by atoms with Crippen molar-refractivity contribution in [2.24, 2.45) is 7.05 Å². The summed E-state index contributed by atoms with van der Waals surface area (Å²) in [7, 11) is 1.95. The molecule has 1 N–H and O–H groups in total. The zero-order valence-corrected chi connectivity index (χ0v) is 11.8. The summed E-state index contributed by atoms with van der Waals surface area (Å²) < 4.78 is 7.61. The molecular weight excluding hydrogens is 238 g/mol. The van der Waals surface area contributed by atoms with Gasteiger partial charge in [0, 0.05) is 25.8 Å². The molecule has 1 unspecified atom stereocenters. The third kappa shape index (κ3) is 4.10. The Balaban J connectivity index is 1.74. The Morgan fingerprint density at radius 2 is 2.00 bits per heavy atom. The number of nitrogens with zero attached hydrogens (tertiary/aromatic N) is 2. The van der Waals surface area contributed by atoms with Crippen LogP contribution in [0.4, 0.5) is 0 Å². The van der Waals surface area contributed by atoms with E-state index in [-0.39, 0.29) is 6.04 Å². The predicted molar refractivity (Wildman–Crippen MR) is 76.2 cm³/mol. The highest BCUT2D eigenvalue weighted by Gasteiger charge is 2.04. The summed E-state index contributed by atoms with van der Waals surface area (Å²) in [6.45, 7) is 5.64. The zero-order valence-electron chi connectivity index (χ0n) is 11.8. The van der Waals surface area contributed by atoms with Gasteiger partial charge in [0.15, 0.2) is 0 Å². The van der Waals surface area contributed by atoms with E-state index in [2.05, 4.69) is 36.4 Å². The molecule has 0 saturated heterocycles. The fourth-order valence-electron chi connectivity index (χ4n) is 1.77. The van der Waals surface area contributed by atoms with Gasteiger partial charge >= 0.3 is 0 Å². The van der Waals surface area contributed by atoms with Crippen molar-refractivity contribution in [2.75, 3.05) is 6.61 Å². The molecule has 0 fully saturated rings. The third-order valence-electron chi connectivity index (χ3n) is 3.08. The summed E-state index contributed by atoms with van der Waals surface area (Å²) in [5, 5.41) is 7.56. The second-order valence-electron chi connectivity index (χ2n) is 4.85. The fourth-order valence-corrected chi connectivity index (χ4v) is 1.77. The fraction of sp³-hybridized carbons (Fsp3) is 0.400. The van der Waals surface area contributed by atoms with E-state index in [1.807, 2.05) is 36.1 Å². The average molecular weight is 259 g/mol. The summed E-state index contributed by atoms with van der Waals surface area (Å²) in [6.07, 6.45) is 1.81. The molecule has 0 radical (unpaired) electrons. The van der Waals surface area contributed by atoms with Gasteiger partial charge in [0.05, 0.1) is 5.69 Å². The molecule has 0 bridgehead atoms.